The smallest absolute Gasteiger partial charge is 0.0661 e. The summed E-state index contributed by atoms with van der Waals surface area (Å²) < 4.78 is 1.36. The third kappa shape index (κ3) is 2.35. The van der Waals surface area contributed by atoms with Crippen LogP contribution in [0.2, 0.25) is 0 Å². The van der Waals surface area contributed by atoms with Crippen LogP contribution in [0, 0.1) is 0 Å². The van der Waals surface area contributed by atoms with Gasteiger partial charge in [0.25, 0.3) is 0 Å². The molecule has 0 aliphatic carbocycles. The van der Waals surface area contributed by atoms with Crippen molar-refractivity contribution in [1.29, 1.82) is 0 Å². The summed E-state index contributed by atoms with van der Waals surface area (Å²) in [5.74, 6) is 0. The van der Waals surface area contributed by atoms with Crippen LogP contribution < -0.4 is 0 Å². The third-order valence-electron chi connectivity index (χ3n) is 3.49. The second-order valence-electron chi connectivity index (χ2n) is 4.60. The monoisotopic (exact) mass is 330 g/mol. The van der Waals surface area contributed by atoms with Crippen molar-refractivity contribution in [3.8, 4) is 0 Å². The largest absolute Gasteiger partial charge is 0.143 e. The highest BCUT2D eigenvalue weighted by atomic mass is 79.9. The van der Waals surface area contributed by atoms with Gasteiger partial charge in [0.15, 0.2) is 0 Å². The SMILES string of the molecule is CCc1ccccc1C(Br)c1csc2ccccc12. The number of fused-ring (bicyclic) bond motifs is 1. The van der Waals surface area contributed by atoms with Crippen LogP contribution in [0.3, 0.4) is 0 Å². The lowest BCUT2D eigenvalue weighted by atomic mass is 9.98. The summed E-state index contributed by atoms with van der Waals surface area (Å²) in [7, 11) is 0. The molecular formula is C17H15BrS. The third-order valence-corrected chi connectivity index (χ3v) is 5.46. The molecular weight excluding hydrogens is 316 g/mol. The Morgan fingerprint density at radius 3 is 2.58 bits per heavy atom. The Labute approximate surface area is 126 Å². The second-order valence-corrected chi connectivity index (χ2v) is 6.43. The average Bonchev–Trinajstić information content (AvgIpc) is 2.90. The van der Waals surface area contributed by atoms with Crippen molar-refractivity contribution in [1.82, 2.24) is 0 Å². The van der Waals surface area contributed by atoms with Crippen LogP contribution in [0.4, 0.5) is 0 Å². The molecule has 0 saturated heterocycles. The Bertz CT molecular complexity index is 699. The van der Waals surface area contributed by atoms with E-state index < -0.39 is 0 Å². The van der Waals surface area contributed by atoms with Crippen molar-refractivity contribution < 1.29 is 0 Å². The summed E-state index contributed by atoms with van der Waals surface area (Å²) in [6.07, 6.45) is 1.07. The van der Waals surface area contributed by atoms with E-state index in [1.54, 1.807) is 0 Å². The molecule has 0 bridgehead atoms. The van der Waals surface area contributed by atoms with Crippen LogP contribution in [0.1, 0.15) is 28.4 Å². The van der Waals surface area contributed by atoms with Gasteiger partial charge in [0.2, 0.25) is 0 Å². The number of aryl methyl sites for hydroxylation is 1. The van der Waals surface area contributed by atoms with Gasteiger partial charge in [-0.25, -0.2) is 0 Å². The first-order valence-corrected chi connectivity index (χ1v) is 8.28. The highest BCUT2D eigenvalue weighted by molar-refractivity contribution is 9.09. The lowest BCUT2D eigenvalue weighted by Crippen LogP contribution is -1.96. The van der Waals surface area contributed by atoms with Gasteiger partial charge in [-0.15, -0.1) is 11.3 Å². The molecule has 0 saturated carbocycles. The Morgan fingerprint density at radius 2 is 1.74 bits per heavy atom. The Morgan fingerprint density at radius 1 is 1.00 bits per heavy atom. The highest BCUT2D eigenvalue weighted by Gasteiger charge is 2.16. The molecule has 0 aliphatic heterocycles. The first kappa shape index (κ1) is 12.9. The zero-order valence-electron chi connectivity index (χ0n) is 10.8. The molecule has 1 aromatic heterocycles. The van der Waals surface area contributed by atoms with Crippen LogP contribution in [0.5, 0.6) is 0 Å². The fourth-order valence-electron chi connectivity index (χ4n) is 2.47. The van der Waals surface area contributed by atoms with E-state index >= 15 is 0 Å². The number of hydrogen-bond acceptors (Lipinski definition) is 1. The molecule has 0 fully saturated rings. The van der Waals surface area contributed by atoms with Gasteiger partial charge >= 0.3 is 0 Å². The minimum Gasteiger partial charge on any atom is -0.143 e. The van der Waals surface area contributed by atoms with Crippen molar-refractivity contribution in [3.63, 3.8) is 0 Å². The summed E-state index contributed by atoms with van der Waals surface area (Å²) in [4.78, 5) is 0.278. The number of rotatable bonds is 3. The molecule has 0 nitrogen and oxygen atoms in total. The van der Waals surface area contributed by atoms with Crippen LogP contribution in [-0.2, 0) is 6.42 Å². The highest BCUT2D eigenvalue weighted by Crippen LogP contribution is 2.39. The molecule has 0 aliphatic rings. The average molecular weight is 331 g/mol. The zero-order chi connectivity index (χ0) is 13.2. The van der Waals surface area contributed by atoms with E-state index in [4.69, 9.17) is 0 Å². The van der Waals surface area contributed by atoms with Gasteiger partial charge in [-0.05, 0) is 39.9 Å². The standard InChI is InChI=1S/C17H15BrS/c1-2-12-7-3-4-8-13(12)17(18)15-11-19-16-10-6-5-9-14(15)16/h3-11,17H,2H2,1H3. The van der Waals surface area contributed by atoms with E-state index in [2.05, 4.69) is 76.8 Å². The lowest BCUT2D eigenvalue weighted by molar-refractivity contribution is 1.06. The molecule has 0 N–H and O–H groups in total. The minimum absolute atomic E-state index is 0.278. The maximum Gasteiger partial charge on any atom is 0.0661 e. The molecule has 0 amide bonds. The first-order chi connectivity index (χ1) is 9.31. The Hall–Kier alpha value is -1.12. The molecule has 2 heteroatoms. The topological polar surface area (TPSA) is 0 Å². The van der Waals surface area contributed by atoms with E-state index in [1.165, 1.54) is 26.8 Å². The summed E-state index contributed by atoms with van der Waals surface area (Å²) in [5, 5.41) is 3.64. The van der Waals surface area contributed by atoms with Gasteiger partial charge in [0, 0.05) is 4.70 Å². The summed E-state index contributed by atoms with van der Waals surface area (Å²) in [6, 6.07) is 17.3. The maximum atomic E-state index is 3.89. The molecule has 96 valence electrons. The fourth-order valence-corrected chi connectivity index (χ4v) is 4.45. The van der Waals surface area contributed by atoms with E-state index in [0.717, 1.165) is 6.42 Å². The van der Waals surface area contributed by atoms with Gasteiger partial charge in [-0.3, -0.25) is 0 Å². The van der Waals surface area contributed by atoms with E-state index in [-0.39, 0.29) is 4.83 Å². The van der Waals surface area contributed by atoms with Gasteiger partial charge < -0.3 is 0 Å². The van der Waals surface area contributed by atoms with E-state index in [0.29, 0.717) is 0 Å². The molecule has 1 atom stereocenters. The second kappa shape index (κ2) is 5.48. The molecule has 2 aromatic carbocycles. The van der Waals surface area contributed by atoms with Crippen LogP contribution in [0.25, 0.3) is 10.1 Å². The normalized spacial score (nSPS) is 12.7. The number of benzene rings is 2. The summed E-state index contributed by atoms with van der Waals surface area (Å²) in [6.45, 7) is 2.21. The van der Waals surface area contributed by atoms with Gasteiger partial charge in [-0.1, -0.05) is 65.3 Å². The van der Waals surface area contributed by atoms with Crippen molar-refractivity contribution in [2.45, 2.75) is 18.2 Å². The molecule has 19 heavy (non-hydrogen) atoms. The maximum absolute atomic E-state index is 3.89. The van der Waals surface area contributed by atoms with E-state index in [9.17, 15) is 0 Å². The zero-order valence-corrected chi connectivity index (χ0v) is 13.2. The fraction of sp³-hybridized carbons (Fsp3) is 0.176. The van der Waals surface area contributed by atoms with Crippen LogP contribution in [0.15, 0.2) is 53.9 Å². The van der Waals surface area contributed by atoms with Crippen molar-refractivity contribution in [2.24, 2.45) is 0 Å². The number of halogens is 1. The summed E-state index contributed by atoms with van der Waals surface area (Å²) >= 11 is 5.71. The van der Waals surface area contributed by atoms with Gasteiger partial charge in [0.1, 0.15) is 0 Å². The minimum atomic E-state index is 0.278. The molecule has 1 heterocycles. The number of hydrogen-bond donors (Lipinski definition) is 0. The van der Waals surface area contributed by atoms with Crippen molar-refractivity contribution >= 4 is 37.4 Å². The van der Waals surface area contributed by atoms with Crippen LogP contribution >= 0.6 is 27.3 Å². The molecule has 3 aromatic rings. The molecule has 3 rings (SSSR count). The molecule has 0 spiro atoms. The van der Waals surface area contributed by atoms with E-state index in [1.807, 2.05) is 11.3 Å². The Kier molecular flexibility index (Phi) is 3.72. The predicted molar refractivity (Wildman–Crippen MR) is 88.4 cm³/mol. The van der Waals surface area contributed by atoms with Crippen molar-refractivity contribution in [2.75, 3.05) is 0 Å². The first-order valence-electron chi connectivity index (χ1n) is 6.49. The van der Waals surface area contributed by atoms with Gasteiger partial charge in [-0.2, -0.15) is 0 Å². The summed E-state index contributed by atoms with van der Waals surface area (Å²) in [5.41, 5.74) is 4.18. The van der Waals surface area contributed by atoms with Crippen LogP contribution in [-0.4, -0.2) is 0 Å². The number of alkyl halides is 1. The number of thiophene rings is 1. The lowest BCUT2D eigenvalue weighted by Gasteiger charge is -2.14. The Balaban J connectivity index is 2.11. The molecule has 0 radical (unpaired) electrons. The quantitative estimate of drug-likeness (QED) is 0.520. The van der Waals surface area contributed by atoms with Crippen molar-refractivity contribution in [3.05, 3.63) is 70.6 Å². The molecule has 1 unspecified atom stereocenters. The van der Waals surface area contributed by atoms with Gasteiger partial charge in [0.05, 0.1) is 4.83 Å². The predicted octanol–water partition coefficient (Wildman–Crippen LogP) is 5.95.